The highest BCUT2D eigenvalue weighted by atomic mass is 19.4. The van der Waals surface area contributed by atoms with E-state index in [2.05, 4.69) is 5.32 Å². The lowest BCUT2D eigenvalue weighted by molar-refractivity contribution is -0.908. The van der Waals surface area contributed by atoms with Crippen molar-refractivity contribution < 1.29 is 33.0 Å². The maximum Gasteiger partial charge on any atom is 0.417 e. The summed E-state index contributed by atoms with van der Waals surface area (Å²) in [6.07, 6.45) is -2.05. The van der Waals surface area contributed by atoms with Gasteiger partial charge >= 0.3 is 6.18 Å². The number of aromatic nitrogens is 1. The predicted molar refractivity (Wildman–Crippen MR) is 131 cm³/mol. The van der Waals surface area contributed by atoms with Crippen molar-refractivity contribution in [3.05, 3.63) is 94.8 Å². The van der Waals surface area contributed by atoms with Crippen molar-refractivity contribution in [3.63, 3.8) is 0 Å². The molecule has 3 atom stereocenters. The second-order valence-electron chi connectivity index (χ2n) is 10.5. The summed E-state index contributed by atoms with van der Waals surface area (Å²) in [5.41, 5.74) is 1.15. The molecule has 0 aliphatic heterocycles. The van der Waals surface area contributed by atoms with Crippen molar-refractivity contribution in [1.82, 2.24) is 0 Å². The molecule has 1 amide bonds. The number of benzene rings is 2. The molecular formula is C29H30F3N2O3+. The minimum Gasteiger partial charge on any atom is -0.380 e. The van der Waals surface area contributed by atoms with Gasteiger partial charge in [0.25, 0.3) is 11.6 Å². The first kappa shape index (κ1) is 25.3. The topological polar surface area (TPSA) is 73.4 Å². The van der Waals surface area contributed by atoms with Gasteiger partial charge in [0.2, 0.25) is 6.20 Å². The van der Waals surface area contributed by atoms with E-state index in [9.17, 15) is 28.3 Å². The molecule has 0 spiro atoms. The van der Waals surface area contributed by atoms with E-state index in [1.807, 2.05) is 42.5 Å². The summed E-state index contributed by atoms with van der Waals surface area (Å²) < 4.78 is 42.3. The number of alkyl halides is 3. The van der Waals surface area contributed by atoms with Crippen LogP contribution in [0.25, 0.3) is 0 Å². The van der Waals surface area contributed by atoms with Crippen LogP contribution in [0.4, 0.5) is 18.9 Å². The molecule has 1 aromatic heterocycles. The molecule has 5 nitrogen and oxygen atoms in total. The van der Waals surface area contributed by atoms with Gasteiger partial charge in [0.1, 0.15) is 5.69 Å². The van der Waals surface area contributed by atoms with Crippen LogP contribution in [0.1, 0.15) is 58.4 Å². The van der Waals surface area contributed by atoms with Crippen molar-refractivity contribution >= 4 is 11.6 Å². The van der Waals surface area contributed by atoms with Gasteiger partial charge in [0, 0.05) is 28.7 Å². The van der Waals surface area contributed by atoms with Gasteiger partial charge in [-0.1, -0.05) is 36.4 Å². The number of nitrogens with zero attached hydrogens (tertiary/aromatic N) is 1. The number of rotatable bonds is 4. The van der Waals surface area contributed by atoms with Crippen LogP contribution < -0.4 is 10.0 Å². The first-order chi connectivity index (χ1) is 17.5. The number of hydrogen-bond donors (Lipinski definition) is 3. The molecule has 0 saturated heterocycles. The average molecular weight is 512 g/mol. The average Bonchev–Trinajstić information content (AvgIpc) is 2.87. The van der Waals surface area contributed by atoms with Gasteiger partial charge in [-0.2, -0.15) is 13.2 Å². The Labute approximate surface area is 213 Å². The lowest BCUT2D eigenvalue weighted by Crippen LogP contribution is -2.56. The van der Waals surface area contributed by atoms with Crippen molar-refractivity contribution in [2.75, 3.05) is 5.32 Å². The Bertz CT molecular complexity index is 1330. The van der Waals surface area contributed by atoms with Gasteiger partial charge in [0.05, 0.1) is 0 Å². The van der Waals surface area contributed by atoms with Crippen LogP contribution in [0.2, 0.25) is 0 Å². The third kappa shape index (κ3) is 4.48. The molecule has 2 aromatic carbocycles. The molecule has 3 N–H and O–H groups in total. The number of aryl methyl sites for hydroxylation is 1. The van der Waals surface area contributed by atoms with Gasteiger partial charge in [-0.15, -0.1) is 0 Å². The zero-order chi connectivity index (χ0) is 26.4. The standard InChI is InChI=1S/C29H29F3N2O3/c1-19-25(8-5-15-34(19)37)33-26(35)22-10-12-24-21(16-22)9-11-23-18-28(36,29(30,31)32)14-13-27(23,24)17-20-6-3-2-4-7-20/h2-8,10,12,15-16,23,36H,9,11,13-14,17-18H2,1H3,(H-,33,35,37)/p+1/t23?,27-,28+/m0/s1. The maximum absolute atomic E-state index is 13.8. The summed E-state index contributed by atoms with van der Waals surface area (Å²) in [6.45, 7) is 1.68. The number of aliphatic hydroxyl groups is 1. The second-order valence-corrected chi connectivity index (χ2v) is 10.5. The van der Waals surface area contributed by atoms with Crippen LogP contribution in [-0.4, -0.2) is 28.0 Å². The number of anilines is 1. The Kier molecular flexibility index (Phi) is 6.26. The fourth-order valence-corrected chi connectivity index (χ4v) is 6.28. The van der Waals surface area contributed by atoms with Crippen LogP contribution in [-0.2, 0) is 18.3 Å². The zero-order valence-electron chi connectivity index (χ0n) is 20.6. The number of pyridine rings is 1. The monoisotopic (exact) mass is 511 g/mol. The largest absolute Gasteiger partial charge is 0.417 e. The molecule has 0 bridgehead atoms. The van der Waals surface area contributed by atoms with Crippen molar-refractivity contribution in [3.8, 4) is 0 Å². The molecule has 0 radical (unpaired) electrons. The van der Waals surface area contributed by atoms with E-state index in [0.29, 0.717) is 36.2 Å². The van der Waals surface area contributed by atoms with E-state index >= 15 is 0 Å². The fourth-order valence-electron chi connectivity index (χ4n) is 6.28. The summed E-state index contributed by atoms with van der Waals surface area (Å²) in [6, 6.07) is 18.5. The van der Waals surface area contributed by atoms with Gasteiger partial charge < -0.3 is 10.4 Å². The number of halogens is 3. The van der Waals surface area contributed by atoms with Crippen LogP contribution >= 0.6 is 0 Å². The highest BCUT2D eigenvalue weighted by molar-refractivity contribution is 6.04. The molecule has 1 unspecified atom stereocenters. The molecule has 5 rings (SSSR count). The molecule has 2 aliphatic carbocycles. The van der Waals surface area contributed by atoms with Crippen LogP contribution in [0, 0.1) is 12.8 Å². The van der Waals surface area contributed by atoms with E-state index in [-0.39, 0.29) is 31.1 Å². The first-order valence-corrected chi connectivity index (χ1v) is 12.5. The van der Waals surface area contributed by atoms with Gasteiger partial charge in [-0.25, -0.2) is 0 Å². The number of hydrogen-bond acceptors (Lipinski definition) is 3. The molecule has 2 aliphatic rings. The summed E-state index contributed by atoms with van der Waals surface area (Å²) in [4.78, 5) is 13.1. The Balaban J connectivity index is 1.50. The maximum atomic E-state index is 13.8. The van der Waals surface area contributed by atoms with E-state index < -0.39 is 17.2 Å². The summed E-state index contributed by atoms with van der Waals surface area (Å²) in [5, 5.41) is 23.3. The van der Waals surface area contributed by atoms with E-state index in [1.54, 1.807) is 25.1 Å². The van der Waals surface area contributed by atoms with Crippen LogP contribution in [0.3, 0.4) is 0 Å². The van der Waals surface area contributed by atoms with Crippen LogP contribution in [0.5, 0.6) is 0 Å². The van der Waals surface area contributed by atoms with Crippen LogP contribution in [0.15, 0.2) is 66.9 Å². The fraction of sp³-hybridized carbons (Fsp3) is 0.379. The van der Waals surface area contributed by atoms with Crippen molar-refractivity contribution in [1.29, 1.82) is 0 Å². The zero-order valence-corrected chi connectivity index (χ0v) is 20.6. The smallest absolute Gasteiger partial charge is 0.380 e. The van der Waals surface area contributed by atoms with E-state index in [4.69, 9.17) is 0 Å². The number of fused-ring (bicyclic) bond motifs is 3. The minimum atomic E-state index is -4.67. The third-order valence-corrected chi connectivity index (χ3v) is 8.38. The molecule has 1 fully saturated rings. The minimum absolute atomic E-state index is 0.209. The second kappa shape index (κ2) is 9.17. The number of carbonyl (C=O) groups excluding carboxylic acids is 1. The normalized spacial score (nSPS) is 25.2. The highest BCUT2D eigenvalue weighted by Gasteiger charge is 2.61. The van der Waals surface area contributed by atoms with E-state index in [1.165, 1.54) is 6.20 Å². The molecular weight excluding hydrogens is 481 g/mol. The number of amides is 1. The molecule has 1 heterocycles. The lowest BCUT2D eigenvalue weighted by atomic mass is 9.52. The summed E-state index contributed by atoms with van der Waals surface area (Å²) >= 11 is 0. The molecule has 37 heavy (non-hydrogen) atoms. The number of carbonyl (C=O) groups is 1. The van der Waals surface area contributed by atoms with E-state index in [0.717, 1.165) is 21.4 Å². The highest BCUT2D eigenvalue weighted by Crippen LogP contribution is 2.57. The van der Waals surface area contributed by atoms with Crippen molar-refractivity contribution in [2.24, 2.45) is 5.92 Å². The first-order valence-electron chi connectivity index (χ1n) is 12.5. The lowest BCUT2D eigenvalue weighted by Gasteiger charge is -2.53. The molecule has 194 valence electrons. The quantitative estimate of drug-likeness (QED) is 0.329. The van der Waals surface area contributed by atoms with Gasteiger partial charge in [-0.3, -0.25) is 10.0 Å². The summed E-state index contributed by atoms with van der Waals surface area (Å²) in [5.74, 6) is -0.668. The Morgan fingerprint density at radius 1 is 1.11 bits per heavy atom. The molecule has 8 heteroatoms. The Hall–Kier alpha value is -3.39. The molecule has 1 saturated carbocycles. The Morgan fingerprint density at radius 3 is 2.59 bits per heavy atom. The van der Waals surface area contributed by atoms with Gasteiger partial charge in [-0.05, 0) is 79.3 Å². The molecule has 3 aromatic rings. The third-order valence-electron chi connectivity index (χ3n) is 8.38. The SMILES string of the molecule is Cc1c(NC(=O)c2ccc3c(c2)CCC2C[C@@](O)(C(F)(F)F)CC[C@@]32Cc2ccccc2)ccc[n+]1O. The summed E-state index contributed by atoms with van der Waals surface area (Å²) in [7, 11) is 0. The Morgan fingerprint density at radius 2 is 1.86 bits per heavy atom. The van der Waals surface area contributed by atoms with Gasteiger partial charge in [0.15, 0.2) is 5.60 Å². The van der Waals surface area contributed by atoms with Crippen molar-refractivity contribution in [2.45, 2.75) is 62.6 Å². The predicted octanol–water partition coefficient (Wildman–Crippen LogP) is 5.29. The number of nitrogens with one attached hydrogen (secondary N) is 1.